The summed E-state index contributed by atoms with van der Waals surface area (Å²) in [4.78, 5) is 5.05. The second-order valence-electron chi connectivity index (χ2n) is 7.41. The van der Waals surface area contributed by atoms with Gasteiger partial charge in [0.25, 0.3) is 0 Å². The van der Waals surface area contributed by atoms with Crippen molar-refractivity contribution in [3.05, 3.63) is 35.9 Å². The highest BCUT2D eigenvalue weighted by molar-refractivity contribution is 5.14. The lowest BCUT2D eigenvalue weighted by atomic mass is 9.91. The number of nitrogens with zero attached hydrogens (tertiary/aromatic N) is 2. The molecule has 0 radical (unpaired) electrons. The summed E-state index contributed by atoms with van der Waals surface area (Å²) in [5, 5.41) is 3.52. The Morgan fingerprint density at radius 1 is 1.29 bits per heavy atom. The molecule has 1 aliphatic rings. The van der Waals surface area contributed by atoms with E-state index in [2.05, 4.69) is 73.3 Å². The van der Waals surface area contributed by atoms with Crippen LogP contribution < -0.4 is 5.32 Å². The van der Waals surface area contributed by atoms with Crippen LogP contribution in [0.3, 0.4) is 0 Å². The zero-order valence-corrected chi connectivity index (χ0v) is 14.1. The first-order chi connectivity index (χ1) is 9.94. The normalized spacial score (nSPS) is 20.9. The van der Waals surface area contributed by atoms with Gasteiger partial charge < -0.3 is 10.2 Å². The molecule has 2 rings (SSSR count). The minimum atomic E-state index is 0.320. The molecule has 21 heavy (non-hydrogen) atoms. The third-order valence-corrected chi connectivity index (χ3v) is 4.10. The lowest BCUT2D eigenvalue weighted by Gasteiger charge is -2.39. The molecule has 0 spiro atoms. The molecule has 0 saturated carbocycles. The van der Waals surface area contributed by atoms with E-state index in [1.54, 1.807) is 0 Å². The fraction of sp³-hybridized carbons (Fsp3) is 0.667. The SMILES string of the molecule is C[C@@H]1CN(CC(C)(C)CN(C)Cc2ccccc2)CCN1. The smallest absolute Gasteiger partial charge is 0.0230 e. The fourth-order valence-electron chi connectivity index (χ4n) is 3.49. The quantitative estimate of drug-likeness (QED) is 0.868. The summed E-state index contributed by atoms with van der Waals surface area (Å²) < 4.78 is 0. The molecule has 1 saturated heterocycles. The lowest BCUT2D eigenvalue weighted by Crippen LogP contribution is -2.52. The van der Waals surface area contributed by atoms with E-state index in [0.29, 0.717) is 11.5 Å². The number of benzene rings is 1. The van der Waals surface area contributed by atoms with Crippen molar-refractivity contribution in [1.29, 1.82) is 0 Å². The van der Waals surface area contributed by atoms with Crippen LogP contribution in [0, 0.1) is 5.41 Å². The second kappa shape index (κ2) is 7.39. The van der Waals surface area contributed by atoms with Crippen molar-refractivity contribution < 1.29 is 0 Å². The molecule has 1 aromatic carbocycles. The Labute approximate surface area is 130 Å². The second-order valence-corrected chi connectivity index (χ2v) is 7.41. The Balaban J connectivity index is 1.82. The van der Waals surface area contributed by atoms with Gasteiger partial charge in [-0.05, 0) is 24.9 Å². The van der Waals surface area contributed by atoms with Crippen LogP contribution in [0.2, 0.25) is 0 Å². The third kappa shape index (κ3) is 5.77. The first-order valence-electron chi connectivity index (χ1n) is 8.13. The van der Waals surface area contributed by atoms with Gasteiger partial charge in [0.05, 0.1) is 0 Å². The predicted octanol–water partition coefficient (Wildman–Crippen LogP) is 2.44. The van der Waals surface area contributed by atoms with Crippen molar-refractivity contribution >= 4 is 0 Å². The molecule has 1 atom stereocenters. The summed E-state index contributed by atoms with van der Waals surface area (Å²) >= 11 is 0. The molecule has 1 fully saturated rings. The standard InChI is InChI=1S/C18H31N3/c1-16-12-21(11-10-19-16)15-18(2,3)14-20(4)13-17-8-6-5-7-9-17/h5-9,16,19H,10-15H2,1-4H3/t16-/m1/s1. The summed E-state index contributed by atoms with van der Waals surface area (Å²) in [5.41, 5.74) is 1.72. The van der Waals surface area contributed by atoms with Gasteiger partial charge in [-0.25, -0.2) is 0 Å². The minimum Gasteiger partial charge on any atom is -0.312 e. The number of piperazine rings is 1. The molecule has 1 N–H and O–H groups in total. The molecular weight excluding hydrogens is 258 g/mol. The molecule has 1 aliphatic heterocycles. The molecule has 3 nitrogen and oxygen atoms in total. The maximum Gasteiger partial charge on any atom is 0.0230 e. The Morgan fingerprint density at radius 3 is 2.67 bits per heavy atom. The Kier molecular flexibility index (Phi) is 5.80. The fourth-order valence-corrected chi connectivity index (χ4v) is 3.49. The Morgan fingerprint density at radius 2 is 2.00 bits per heavy atom. The van der Waals surface area contributed by atoms with Crippen LogP contribution >= 0.6 is 0 Å². The van der Waals surface area contributed by atoms with E-state index in [0.717, 1.165) is 19.6 Å². The van der Waals surface area contributed by atoms with Crippen molar-refractivity contribution in [2.45, 2.75) is 33.4 Å². The highest BCUT2D eigenvalue weighted by Crippen LogP contribution is 2.20. The summed E-state index contributed by atoms with van der Waals surface area (Å²) in [6.45, 7) is 13.9. The van der Waals surface area contributed by atoms with Gasteiger partial charge in [-0.2, -0.15) is 0 Å². The van der Waals surface area contributed by atoms with Crippen molar-refractivity contribution in [1.82, 2.24) is 15.1 Å². The van der Waals surface area contributed by atoms with Gasteiger partial charge in [-0.3, -0.25) is 4.90 Å². The first-order valence-corrected chi connectivity index (χ1v) is 8.13. The highest BCUT2D eigenvalue weighted by atomic mass is 15.2. The van der Waals surface area contributed by atoms with Gasteiger partial charge in [0.15, 0.2) is 0 Å². The molecule has 3 heteroatoms. The summed E-state index contributed by atoms with van der Waals surface area (Å²) in [7, 11) is 2.23. The molecule has 0 aliphatic carbocycles. The summed E-state index contributed by atoms with van der Waals surface area (Å²) in [6, 6.07) is 11.4. The zero-order chi connectivity index (χ0) is 15.3. The number of hydrogen-bond donors (Lipinski definition) is 1. The molecule has 0 unspecified atom stereocenters. The Bertz CT molecular complexity index is 416. The third-order valence-electron chi connectivity index (χ3n) is 4.10. The van der Waals surface area contributed by atoms with E-state index in [1.165, 1.54) is 25.2 Å². The van der Waals surface area contributed by atoms with Crippen LogP contribution in [0.4, 0.5) is 0 Å². The van der Waals surface area contributed by atoms with Gasteiger partial charge in [-0.15, -0.1) is 0 Å². The Hall–Kier alpha value is -0.900. The molecule has 1 heterocycles. The molecule has 0 bridgehead atoms. The van der Waals surface area contributed by atoms with Crippen molar-refractivity contribution in [2.24, 2.45) is 5.41 Å². The van der Waals surface area contributed by atoms with Crippen LogP contribution in [-0.4, -0.2) is 55.6 Å². The molecule has 0 amide bonds. The van der Waals surface area contributed by atoms with Crippen LogP contribution in [0.25, 0.3) is 0 Å². The van der Waals surface area contributed by atoms with Gasteiger partial charge in [0.2, 0.25) is 0 Å². The highest BCUT2D eigenvalue weighted by Gasteiger charge is 2.26. The maximum atomic E-state index is 3.52. The van der Waals surface area contributed by atoms with E-state index < -0.39 is 0 Å². The average molecular weight is 289 g/mol. The number of hydrogen-bond acceptors (Lipinski definition) is 3. The first kappa shape index (κ1) is 16.5. The van der Waals surface area contributed by atoms with Crippen LogP contribution in [0.1, 0.15) is 26.3 Å². The number of rotatable bonds is 6. The predicted molar refractivity (Wildman–Crippen MR) is 90.5 cm³/mol. The number of nitrogens with one attached hydrogen (secondary N) is 1. The van der Waals surface area contributed by atoms with Crippen LogP contribution in [0.15, 0.2) is 30.3 Å². The topological polar surface area (TPSA) is 18.5 Å². The minimum absolute atomic E-state index is 0.320. The van der Waals surface area contributed by atoms with Crippen molar-refractivity contribution in [2.75, 3.05) is 39.8 Å². The molecule has 118 valence electrons. The monoisotopic (exact) mass is 289 g/mol. The molecule has 1 aromatic rings. The van der Waals surface area contributed by atoms with E-state index >= 15 is 0 Å². The summed E-state index contributed by atoms with van der Waals surface area (Å²) in [6.07, 6.45) is 0. The average Bonchev–Trinajstić information content (AvgIpc) is 2.38. The van der Waals surface area contributed by atoms with Crippen LogP contribution in [-0.2, 0) is 6.54 Å². The maximum absolute atomic E-state index is 3.52. The van der Waals surface area contributed by atoms with E-state index in [4.69, 9.17) is 0 Å². The summed E-state index contributed by atoms with van der Waals surface area (Å²) in [5.74, 6) is 0. The van der Waals surface area contributed by atoms with Gasteiger partial charge >= 0.3 is 0 Å². The van der Waals surface area contributed by atoms with Gasteiger partial charge in [-0.1, -0.05) is 44.2 Å². The van der Waals surface area contributed by atoms with Crippen molar-refractivity contribution in [3.8, 4) is 0 Å². The van der Waals surface area contributed by atoms with Gasteiger partial charge in [0, 0.05) is 45.3 Å². The largest absolute Gasteiger partial charge is 0.312 e. The van der Waals surface area contributed by atoms with E-state index in [9.17, 15) is 0 Å². The van der Waals surface area contributed by atoms with Gasteiger partial charge in [0.1, 0.15) is 0 Å². The zero-order valence-electron chi connectivity index (χ0n) is 14.1. The van der Waals surface area contributed by atoms with Crippen LogP contribution in [0.5, 0.6) is 0 Å². The van der Waals surface area contributed by atoms with Crippen molar-refractivity contribution in [3.63, 3.8) is 0 Å². The molecule has 0 aromatic heterocycles. The van der Waals surface area contributed by atoms with E-state index in [1.807, 2.05) is 0 Å². The molecular formula is C18H31N3. The lowest BCUT2D eigenvalue weighted by molar-refractivity contribution is 0.109. The van der Waals surface area contributed by atoms with E-state index in [-0.39, 0.29) is 0 Å².